The Morgan fingerprint density at radius 3 is 2.41 bits per heavy atom. The van der Waals surface area contributed by atoms with Gasteiger partial charge in [0.15, 0.2) is 12.4 Å². The van der Waals surface area contributed by atoms with Crippen molar-refractivity contribution < 1.29 is 19.1 Å². The predicted octanol–water partition coefficient (Wildman–Crippen LogP) is 4.74. The van der Waals surface area contributed by atoms with E-state index in [1.807, 2.05) is 24.3 Å². The topological polar surface area (TPSA) is 63.7 Å². The first-order valence-electron chi connectivity index (χ1n) is 9.74. The fourth-order valence-corrected chi connectivity index (χ4v) is 3.57. The Balaban J connectivity index is 1.57. The Kier molecular flexibility index (Phi) is 6.85. The van der Waals surface area contributed by atoms with Crippen molar-refractivity contribution in [3.8, 4) is 0 Å². The number of esters is 1. The summed E-state index contributed by atoms with van der Waals surface area (Å²) in [6.45, 7) is 4.25. The summed E-state index contributed by atoms with van der Waals surface area (Å²) in [5.74, 6) is -0.989. The summed E-state index contributed by atoms with van der Waals surface area (Å²) in [4.78, 5) is 38.6. The zero-order chi connectivity index (χ0) is 21.0. The van der Waals surface area contributed by atoms with Gasteiger partial charge in [-0.05, 0) is 42.2 Å². The van der Waals surface area contributed by atoms with Gasteiger partial charge in [-0.15, -0.1) is 0 Å². The monoisotopic (exact) mass is 457 g/mol. The van der Waals surface area contributed by atoms with Crippen molar-refractivity contribution in [2.75, 3.05) is 18.1 Å². The summed E-state index contributed by atoms with van der Waals surface area (Å²) in [6, 6.07) is 14.8. The maximum Gasteiger partial charge on any atom is 0.311 e. The summed E-state index contributed by atoms with van der Waals surface area (Å²) in [6.07, 6.45) is 1.15. The van der Waals surface area contributed by atoms with E-state index in [4.69, 9.17) is 4.74 Å². The molecule has 1 fully saturated rings. The molecule has 1 aliphatic rings. The zero-order valence-corrected chi connectivity index (χ0v) is 18.1. The van der Waals surface area contributed by atoms with Gasteiger partial charge in [0.05, 0.1) is 5.92 Å². The second-order valence-electron chi connectivity index (χ2n) is 7.34. The number of carbonyl (C=O) groups is 3. The van der Waals surface area contributed by atoms with E-state index in [1.54, 1.807) is 29.2 Å². The predicted molar refractivity (Wildman–Crippen MR) is 115 cm³/mol. The van der Waals surface area contributed by atoms with Crippen LogP contribution in [0.1, 0.15) is 48.5 Å². The van der Waals surface area contributed by atoms with E-state index in [-0.39, 0.29) is 31.3 Å². The van der Waals surface area contributed by atoms with Gasteiger partial charge in [0.1, 0.15) is 0 Å². The van der Waals surface area contributed by atoms with Crippen LogP contribution >= 0.6 is 15.9 Å². The van der Waals surface area contributed by atoms with Crippen LogP contribution in [0.2, 0.25) is 0 Å². The number of ketones is 1. The molecule has 3 rings (SSSR count). The molecule has 0 unspecified atom stereocenters. The average molecular weight is 458 g/mol. The van der Waals surface area contributed by atoms with Crippen molar-refractivity contribution in [1.29, 1.82) is 0 Å². The van der Waals surface area contributed by atoms with E-state index in [0.29, 0.717) is 11.5 Å². The highest BCUT2D eigenvalue weighted by atomic mass is 79.9. The number of hydrogen-bond acceptors (Lipinski definition) is 4. The molecule has 0 N–H and O–H groups in total. The fraction of sp³-hybridized carbons (Fsp3) is 0.348. The van der Waals surface area contributed by atoms with Crippen LogP contribution in [0.5, 0.6) is 0 Å². The quantitative estimate of drug-likeness (QED) is 0.444. The van der Waals surface area contributed by atoms with Crippen molar-refractivity contribution in [1.82, 2.24) is 0 Å². The van der Waals surface area contributed by atoms with Crippen molar-refractivity contribution in [2.24, 2.45) is 5.92 Å². The zero-order valence-electron chi connectivity index (χ0n) is 16.6. The van der Waals surface area contributed by atoms with Crippen LogP contribution in [0.4, 0.5) is 5.69 Å². The molecule has 0 aromatic heterocycles. The highest BCUT2D eigenvalue weighted by molar-refractivity contribution is 9.10. The number of amides is 1. The molecule has 2 aromatic rings. The Morgan fingerprint density at radius 2 is 1.79 bits per heavy atom. The van der Waals surface area contributed by atoms with Gasteiger partial charge in [0.2, 0.25) is 5.91 Å². The summed E-state index contributed by atoms with van der Waals surface area (Å²) in [5, 5.41) is 0. The summed E-state index contributed by atoms with van der Waals surface area (Å²) in [5.41, 5.74) is 2.49. The van der Waals surface area contributed by atoms with Crippen LogP contribution in [-0.2, 0) is 14.3 Å². The Bertz CT molecular complexity index is 892. The Morgan fingerprint density at radius 1 is 1.14 bits per heavy atom. The molecule has 0 radical (unpaired) electrons. The summed E-state index contributed by atoms with van der Waals surface area (Å²) in [7, 11) is 0. The van der Waals surface area contributed by atoms with E-state index < -0.39 is 11.9 Å². The summed E-state index contributed by atoms with van der Waals surface area (Å²) < 4.78 is 6.06. The molecule has 1 aliphatic heterocycles. The minimum atomic E-state index is -0.561. The Hall–Kier alpha value is -2.47. The van der Waals surface area contributed by atoms with Gasteiger partial charge < -0.3 is 9.64 Å². The lowest BCUT2D eigenvalue weighted by Crippen LogP contribution is -2.27. The molecule has 0 bridgehead atoms. The van der Waals surface area contributed by atoms with Gasteiger partial charge in [-0.1, -0.05) is 54.0 Å². The molecule has 2 atom stereocenters. The molecule has 1 heterocycles. The van der Waals surface area contributed by atoms with Gasteiger partial charge in [-0.2, -0.15) is 0 Å². The molecular formula is C23H24BrNO4. The van der Waals surface area contributed by atoms with E-state index in [1.165, 1.54) is 5.56 Å². The molecule has 5 nitrogen and oxygen atoms in total. The summed E-state index contributed by atoms with van der Waals surface area (Å²) >= 11 is 3.31. The average Bonchev–Trinajstić information content (AvgIpc) is 3.13. The molecule has 152 valence electrons. The lowest BCUT2D eigenvalue weighted by atomic mass is 9.98. The minimum Gasteiger partial charge on any atom is -0.457 e. The fourth-order valence-electron chi connectivity index (χ4n) is 3.31. The van der Waals surface area contributed by atoms with Gasteiger partial charge in [0, 0.05) is 28.7 Å². The van der Waals surface area contributed by atoms with E-state index in [2.05, 4.69) is 29.8 Å². The number of ether oxygens (including phenoxy) is 1. The van der Waals surface area contributed by atoms with Crippen molar-refractivity contribution in [3.05, 3.63) is 64.1 Å². The highest BCUT2D eigenvalue weighted by Crippen LogP contribution is 2.28. The molecule has 2 aromatic carbocycles. The normalized spacial score (nSPS) is 17.3. The first kappa shape index (κ1) is 21.2. The van der Waals surface area contributed by atoms with Crippen LogP contribution in [0, 0.1) is 5.92 Å². The van der Waals surface area contributed by atoms with Crippen molar-refractivity contribution >= 4 is 39.3 Å². The van der Waals surface area contributed by atoms with Crippen LogP contribution < -0.4 is 4.90 Å². The lowest BCUT2D eigenvalue weighted by Gasteiger charge is -2.18. The van der Waals surface area contributed by atoms with Gasteiger partial charge in [-0.25, -0.2) is 0 Å². The molecular weight excluding hydrogens is 434 g/mol. The molecule has 0 spiro atoms. The van der Waals surface area contributed by atoms with Crippen molar-refractivity contribution in [3.63, 3.8) is 0 Å². The molecule has 1 amide bonds. The van der Waals surface area contributed by atoms with Crippen molar-refractivity contribution in [2.45, 2.75) is 32.6 Å². The van der Waals surface area contributed by atoms with Crippen LogP contribution in [0.25, 0.3) is 0 Å². The minimum absolute atomic E-state index is 0.0957. The first-order valence-corrected chi connectivity index (χ1v) is 10.5. The van der Waals surface area contributed by atoms with E-state index in [0.717, 1.165) is 16.6 Å². The third kappa shape index (κ3) is 5.12. The van der Waals surface area contributed by atoms with E-state index in [9.17, 15) is 14.4 Å². The first-order chi connectivity index (χ1) is 13.9. The highest BCUT2D eigenvalue weighted by Gasteiger charge is 2.36. The number of benzene rings is 2. The standard InChI is InChI=1S/C23H24BrNO4/c1-3-15(2)16-6-10-20(11-7-16)25-13-18(12-22(25)27)23(28)29-14-21(26)17-4-8-19(24)9-5-17/h4-11,15,18H,3,12-14H2,1-2H3/t15-,18-/m1/s1. The van der Waals surface area contributed by atoms with Gasteiger partial charge >= 0.3 is 5.97 Å². The van der Waals surface area contributed by atoms with Gasteiger partial charge in [-0.3, -0.25) is 14.4 Å². The largest absolute Gasteiger partial charge is 0.457 e. The molecule has 29 heavy (non-hydrogen) atoms. The smallest absolute Gasteiger partial charge is 0.311 e. The van der Waals surface area contributed by atoms with E-state index >= 15 is 0 Å². The van der Waals surface area contributed by atoms with Crippen LogP contribution in [-0.4, -0.2) is 30.8 Å². The molecule has 6 heteroatoms. The number of hydrogen-bond donors (Lipinski definition) is 0. The Labute approximate surface area is 179 Å². The molecule has 0 saturated carbocycles. The number of halogens is 1. The SMILES string of the molecule is CC[C@@H](C)c1ccc(N2C[C@H](C(=O)OCC(=O)c3ccc(Br)cc3)CC2=O)cc1. The number of rotatable bonds is 7. The third-order valence-corrected chi connectivity index (χ3v) is 5.88. The van der Waals surface area contributed by atoms with Crippen LogP contribution in [0.15, 0.2) is 53.0 Å². The van der Waals surface area contributed by atoms with Gasteiger partial charge in [0.25, 0.3) is 0 Å². The second-order valence-corrected chi connectivity index (χ2v) is 8.26. The maximum atomic E-state index is 12.4. The second kappa shape index (κ2) is 9.35. The molecule has 0 aliphatic carbocycles. The number of carbonyl (C=O) groups excluding carboxylic acids is 3. The third-order valence-electron chi connectivity index (χ3n) is 5.36. The maximum absolute atomic E-state index is 12.4. The van der Waals surface area contributed by atoms with Crippen LogP contribution in [0.3, 0.4) is 0 Å². The number of nitrogens with zero attached hydrogens (tertiary/aromatic N) is 1. The number of anilines is 1. The lowest BCUT2D eigenvalue weighted by molar-refractivity contribution is -0.147. The number of Topliss-reactive ketones (excluding diaryl/α,β-unsaturated/α-hetero) is 1. The molecule has 1 saturated heterocycles.